The van der Waals surface area contributed by atoms with Crippen LogP contribution >= 0.6 is 22.6 Å². The SMILES string of the molecule is Cc1cc(C(=O)Nc2cccc(I)c2)c2ccccc2n1. The highest BCUT2D eigenvalue weighted by atomic mass is 127. The molecule has 4 heteroatoms. The van der Waals surface area contributed by atoms with Crippen LogP contribution in [0.15, 0.2) is 54.6 Å². The quantitative estimate of drug-likeness (QED) is 0.662. The molecule has 104 valence electrons. The molecule has 3 nitrogen and oxygen atoms in total. The number of carbonyl (C=O) groups is 1. The number of anilines is 1. The Bertz CT molecular complexity index is 830. The van der Waals surface area contributed by atoms with Crippen molar-refractivity contribution in [3.8, 4) is 0 Å². The molecular weight excluding hydrogens is 375 g/mol. The second kappa shape index (κ2) is 5.81. The molecule has 1 amide bonds. The fraction of sp³-hybridized carbons (Fsp3) is 0.0588. The van der Waals surface area contributed by atoms with Crippen molar-refractivity contribution in [2.24, 2.45) is 0 Å². The minimum Gasteiger partial charge on any atom is -0.322 e. The first kappa shape index (κ1) is 14.0. The van der Waals surface area contributed by atoms with Crippen molar-refractivity contribution in [2.75, 3.05) is 5.32 Å². The predicted molar refractivity (Wildman–Crippen MR) is 93.6 cm³/mol. The molecule has 0 aliphatic heterocycles. The molecule has 3 aromatic rings. The first-order chi connectivity index (χ1) is 10.1. The van der Waals surface area contributed by atoms with E-state index in [0.717, 1.165) is 25.9 Å². The zero-order valence-corrected chi connectivity index (χ0v) is 13.6. The van der Waals surface area contributed by atoms with Crippen LogP contribution in [0.25, 0.3) is 10.9 Å². The highest BCUT2D eigenvalue weighted by molar-refractivity contribution is 14.1. The van der Waals surface area contributed by atoms with Crippen molar-refractivity contribution in [3.05, 3.63) is 69.4 Å². The number of halogens is 1. The molecular formula is C17H13IN2O. The van der Waals surface area contributed by atoms with E-state index in [0.29, 0.717) is 5.56 Å². The fourth-order valence-electron chi connectivity index (χ4n) is 2.26. The number of hydrogen-bond donors (Lipinski definition) is 1. The number of pyridine rings is 1. The Hall–Kier alpha value is -1.95. The van der Waals surface area contributed by atoms with Gasteiger partial charge in [0.05, 0.1) is 11.1 Å². The van der Waals surface area contributed by atoms with Gasteiger partial charge < -0.3 is 5.32 Å². The molecule has 0 aliphatic rings. The third-order valence-electron chi connectivity index (χ3n) is 3.17. The van der Waals surface area contributed by atoms with Gasteiger partial charge in [-0.05, 0) is 59.8 Å². The second-order valence-corrected chi connectivity index (χ2v) is 6.04. The number of nitrogens with one attached hydrogen (secondary N) is 1. The average Bonchev–Trinajstić information content (AvgIpc) is 2.46. The largest absolute Gasteiger partial charge is 0.322 e. The zero-order chi connectivity index (χ0) is 14.8. The molecule has 3 rings (SSSR count). The minimum absolute atomic E-state index is 0.112. The van der Waals surface area contributed by atoms with Crippen molar-refractivity contribution in [1.29, 1.82) is 0 Å². The first-order valence-electron chi connectivity index (χ1n) is 6.57. The van der Waals surface area contributed by atoms with Crippen molar-refractivity contribution in [3.63, 3.8) is 0 Å². The number of aryl methyl sites for hydroxylation is 1. The van der Waals surface area contributed by atoms with Gasteiger partial charge in [0.25, 0.3) is 5.91 Å². The Morgan fingerprint density at radius 2 is 1.90 bits per heavy atom. The van der Waals surface area contributed by atoms with Gasteiger partial charge in [-0.1, -0.05) is 24.3 Å². The number of benzene rings is 2. The zero-order valence-electron chi connectivity index (χ0n) is 11.4. The Balaban J connectivity index is 2.02. The van der Waals surface area contributed by atoms with Gasteiger partial charge in [0.15, 0.2) is 0 Å². The molecule has 0 saturated heterocycles. The summed E-state index contributed by atoms with van der Waals surface area (Å²) < 4.78 is 1.08. The monoisotopic (exact) mass is 388 g/mol. The van der Waals surface area contributed by atoms with Crippen LogP contribution in [0.4, 0.5) is 5.69 Å². The number of carbonyl (C=O) groups excluding carboxylic acids is 1. The molecule has 0 atom stereocenters. The van der Waals surface area contributed by atoms with Crippen LogP contribution in [-0.2, 0) is 0 Å². The number of hydrogen-bond acceptors (Lipinski definition) is 2. The number of amides is 1. The van der Waals surface area contributed by atoms with E-state index < -0.39 is 0 Å². The fourth-order valence-corrected chi connectivity index (χ4v) is 2.80. The summed E-state index contributed by atoms with van der Waals surface area (Å²) in [6.07, 6.45) is 0. The summed E-state index contributed by atoms with van der Waals surface area (Å²) in [5, 5.41) is 3.81. The molecule has 21 heavy (non-hydrogen) atoms. The Morgan fingerprint density at radius 3 is 2.71 bits per heavy atom. The Morgan fingerprint density at radius 1 is 1.10 bits per heavy atom. The molecule has 0 spiro atoms. The summed E-state index contributed by atoms with van der Waals surface area (Å²) in [6, 6.07) is 17.2. The maximum Gasteiger partial charge on any atom is 0.256 e. The van der Waals surface area contributed by atoms with E-state index in [4.69, 9.17) is 0 Å². The first-order valence-corrected chi connectivity index (χ1v) is 7.65. The van der Waals surface area contributed by atoms with Crippen molar-refractivity contribution >= 4 is 45.1 Å². The summed E-state index contributed by atoms with van der Waals surface area (Å²) in [6.45, 7) is 1.90. The van der Waals surface area contributed by atoms with E-state index in [2.05, 4.69) is 32.9 Å². The van der Waals surface area contributed by atoms with Gasteiger partial charge in [0, 0.05) is 20.3 Å². The lowest BCUT2D eigenvalue weighted by molar-refractivity contribution is 0.102. The molecule has 1 aromatic heterocycles. The van der Waals surface area contributed by atoms with Gasteiger partial charge in [-0.25, -0.2) is 0 Å². The summed E-state index contributed by atoms with van der Waals surface area (Å²) in [5.74, 6) is -0.112. The van der Waals surface area contributed by atoms with E-state index in [1.54, 1.807) is 0 Å². The van der Waals surface area contributed by atoms with Gasteiger partial charge in [-0.2, -0.15) is 0 Å². The molecule has 0 saturated carbocycles. The third-order valence-corrected chi connectivity index (χ3v) is 3.84. The highest BCUT2D eigenvalue weighted by Gasteiger charge is 2.12. The molecule has 0 aliphatic carbocycles. The maximum absolute atomic E-state index is 12.6. The van der Waals surface area contributed by atoms with Crippen LogP contribution in [0.2, 0.25) is 0 Å². The number of rotatable bonds is 2. The minimum atomic E-state index is -0.112. The van der Waals surface area contributed by atoms with Gasteiger partial charge in [-0.3, -0.25) is 9.78 Å². The molecule has 1 heterocycles. The average molecular weight is 388 g/mol. The van der Waals surface area contributed by atoms with Crippen molar-refractivity contribution in [2.45, 2.75) is 6.92 Å². The van der Waals surface area contributed by atoms with Gasteiger partial charge in [-0.15, -0.1) is 0 Å². The second-order valence-electron chi connectivity index (χ2n) is 4.79. The summed E-state index contributed by atoms with van der Waals surface area (Å²) in [7, 11) is 0. The lowest BCUT2D eigenvalue weighted by Crippen LogP contribution is -2.13. The van der Waals surface area contributed by atoms with E-state index in [1.165, 1.54) is 0 Å². The smallest absolute Gasteiger partial charge is 0.256 e. The number of aromatic nitrogens is 1. The molecule has 0 fully saturated rings. The molecule has 1 N–H and O–H groups in total. The summed E-state index contributed by atoms with van der Waals surface area (Å²) >= 11 is 2.23. The molecule has 0 unspecified atom stereocenters. The van der Waals surface area contributed by atoms with Crippen LogP contribution in [-0.4, -0.2) is 10.9 Å². The van der Waals surface area contributed by atoms with Gasteiger partial charge >= 0.3 is 0 Å². The van der Waals surface area contributed by atoms with Crippen LogP contribution in [0.3, 0.4) is 0 Å². The van der Waals surface area contributed by atoms with Gasteiger partial charge in [0.1, 0.15) is 0 Å². The lowest BCUT2D eigenvalue weighted by atomic mass is 10.1. The van der Waals surface area contributed by atoms with Crippen LogP contribution in [0.1, 0.15) is 16.1 Å². The van der Waals surface area contributed by atoms with E-state index >= 15 is 0 Å². The number of fused-ring (bicyclic) bond motifs is 1. The van der Waals surface area contributed by atoms with E-state index in [9.17, 15) is 4.79 Å². The number of nitrogens with zero attached hydrogens (tertiary/aromatic N) is 1. The standard InChI is InChI=1S/C17H13IN2O/c1-11-9-15(14-7-2-3-8-16(14)19-11)17(21)20-13-6-4-5-12(18)10-13/h2-10H,1H3,(H,20,21). The normalized spacial score (nSPS) is 10.6. The van der Waals surface area contributed by atoms with Crippen LogP contribution < -0.4 is 5.32 Å². The van der Waals surface area contributed by atoms with Crippen molar-refractivity contribution < 1.29 is 4.79 Å². The van der Waals surface area contributed by atoms with E-state index in [-0.39, 0.29) is 5.91 Å². The van der Waals surface area contributed by atoms with Gasteiger partial charge in [0.2, 0.25) is 0 Å². The number of para-hydroxylation sites is 1. The predicted octanol–water partition coefficient (Wildman–Crippen LogP) is 4.40. The van der Waals surface area contributed by atoms with Crippen molar-refractivity contribution in [1.82, 2.24) is 4.98 Å². The highest BCUT2D eigenvalue weighted by Crippen LogP contribution is 2.20. The molecule has 0 bridgehead atoms. The molecule has 2 aromatic carbocycles. The summed E-state index contributed by atoms with van der Waals surface area (Å²) in [5.41, 5.74) is 3.12. The topological polar surface area (TPSA) is 42.0 Å². The third kappa shape index (κ3) is 3.05. The maximum atomic E-state index is 12.6. The molecule has 0 radical (unpaired) electrons. The summed E-state index contributed by atoms with van der Waals surface area (Å²) in [4.78, 5) is 17.0. The lowest BCUT2D eigenvalue weighted by Gasteiger charge is -2.09. The van der Waals surface area contributed by atoms with Crippen LogP contribution in [0, 0.1) is 10.5 Å². The Kier molecular flexibility index (Phi) is 3.88. The van der Waals surface area contributed by atoms with Crippen LogP contribution in [0.5, 0.6) is 0 Å². The Labute approximate surface area is 136 Å². The van der Waals surface area contributed by atoms with E-state index in [1.807, 2.05) is 61.5 Å².